The van der Waals surface area contributed by atoms with Gasteiger partial charge < -0.3 is 4.40 Å². The topological polar surface area (TPSA) is 34.4 Å². The molecule has 0 bridgehead atoms. The standard InChI is InChI=1S/C17H16N2OS/c1-11-3-6-13(7-4-11)17-14(9-16(20)21)19-10-12(2)5-8-15(19)18-17/h3-8,10H,9H2,1-2H3,(H,20,21). The summed E-state index contributed by atoms with van der Waals surface area (Å²) >= 11 is 3.93. The van der Waals surface area contributed by atoms with Gasteiger partial charge in [0.15, 0.2) is 5.12 Å². The van der Waals surface area contributed by atoms with Crippen LogP contribution in [0.4, 0.5) is 0 Å². The van der Waals surface area contributed by atoms with E-state index in [0.29, 0.717) is 0 Å². The SMILES string of the molecule is Cc1ccc(-c2nc3ccc(C)cn3c2CC(=O)S)cc1. The molecule has 0 aliphatic rings. The second-order valence-corrected chi connectivity index (χ2v) is 5.78. The fraction of sp³-hybridized carbons (Fsp3) is 0.176. The Labute approximate surface area is 129 Å². The molecule has 0 atom stereocenters. The molecule has 0 aliphatic carbocycles. The van der Waals surface area contributed by atoms with Gasteiger partial charge in [-0.3, -0.25) is 4.79 Å². The van der Waals surface area contributed by atoms with Crippen LogP contribution in [0.5, 0.6) is 0 Å². The Morgan fingerprint density at radius 1 is 1.10 bits per heavy atom. The van der Waals surface area contributed by atoms with Crippen molar-refractivity contribution in [2.24, 2.45) is 0 Å². The minimum Gasteiger partial charge on any atom is -0.303 e. The number of thiol groups is 1. The molecule has 1 aromatic carbocycles. The number of aromatic nitrogens is 2. The number of nitrogens with zero attached hydrogens (tertiary/aromatic N) is 2. The van der Waals surface area contributed by atoms with Crippen molar-refractivity contribution in [2.45, 2.75) is 20.3 Å². The second kappa shape index (κ2) is 5.37. The molecule has 3 rings (SSSR count). The molecular formula is C17H16N2OS. The fourth-order valence-electron chi connectivity index (χ4n) is 2.45. The van der Waals surface area contributed by atoms with Crippen LogP contribution in [0.3, 0.4) is 0 Å². The number of rotatable bonds is 3. The van der Waals surface area contributed by atoms with Gasteiger partial charge in [-0.15, -0.1) is 12.6 Å². The summed E-state index contributed by atoms with van der Waals surface area (Å²) in [5, 5.41) is -0.160. The van der Waals surface area contributed by atoms with Crippen LogP contribution in [0.15, 0.2) is 42.6 Å². The molecule has 0 aliphatic heterocycles. The summed E-state index contributed by atoms with van der Waals surface area (Å²) in [4.78, 5) is 16.2. The minimum atomic E-state index is -0.160. The van der Waals surface area contributed by atoms with Crippen LogP contribution >= 0.6 is 12.6 Å². The first-order chi connectivity index (χ1) is 10.0. The summed E-state index contributed by atoms with van der Waals surface area (Å²) in [6.07, 6.45) is 2.27. The van der Waals surface area contributed by atoms with E-state index in [1.165, 1.54) is 5.56 Å². The van der Waals surface area contributed by atoms with Crippen LogP contribution in [0.25, 0.3) is 16.9 Å². The highest BCUT2D eigenvalue weighted by Crippen LogP contribution is 2.26. The third-order valence-electron chi connectivity index (χ3n) is 3.51. The normalized spacial score (nSPS) is 11.0. The Morgan fingerprint density at radius 3 is 2.43 bits per heavy atom. The monoisotopic (exact) mass is 296 g/mol. The van der Waals surface area contributed by atoms with Gasteiger partial charge in [0.1, 0.15) is 5.65 Å². The van der Waals surface area contributed by atoms with Gasteiger partial charge in [0, 0.05) is 11.8 Å². The predicted octanol–water partition coefficient (Wildman–Crippen LogP) is 3.62. The molecule has 0 fully saturated rings. The Morgan fingerprint density at radius 2 is 1.76 bits per heavy atom. The van der Waals surface area contributed by atoms with Gasteiger partial charge in [-0.05, 0) is 25.5 Å². The maximum absolute atomic E-state index is 11.5. The Bertz CT molecular complexity index is 819. The average molecular weight is 296 g/mol. The lowest BCUT2D eigenvalue weighted by molar-refractivity contribution is -0.110. The van der Waals surface area contributed by atoms with E-state index >= 15 is 0 Å². The Hall–Kier alpha value is -2.07. The first-order valence-electron chi connectivity index (χ1n) is 6.81. The minimum absolute atomic E-state index is 0.160. The molecule has 3 nitrogen and oxygen atoms in total. The first-order valence-corrected chi connectivity index (χ1v) is 7.26. The maximum atomic E-state index is 11.5. The van der Waals surface area contributed by atoms with E-state index in [9.17, 15) is 4.79 Å². The number of carbonyl (C=O) groups excluding carboxylic acids is 1. The lowest BCUT2D eigenvalue weighted by atomic mass is 10.1. The molecule has 0 N–H and O–H groups in total. The average Bonchev–Trinajstić information content (AvgIpc) is 2.77. The lowest BCUT2D eigenvalue weighted by Gasteiger charge is -2.04. The summed E-state index contributed by atoms with van der Waals surface area (Å²) in [7, 11) is 0. The number of imidazole rings is 1. The van der Waals surface area contributed by atoms with Crippen molar-refractivity contribution in [1.82, 2.24) is 9.38 Å². The molecule has 0 radical (unpaired) electrons. The summed E-state index contributed by atoms with van der Waals surface area (Å²) in [6.45, 7) is 4.08. The summed E-state index contributed by atoms with van der Waals surface area (Å²) < 4.78 is 1.98. The number of carbonyl (C=O) groups is 1. The summed E-state index contributed by atoms with van der Waals surface area (Å²) in [6, 6.07) is 12.2. The number of benzene rings is 1. The molecule has 3 aromatic rings. The largest absolute Gasteiger partial charge is 0.303 e. The van der Waals surface area contributed by atoms with Gasteiger partial charge in [0.25, 0.3) is 0 Å². The molecule has 106 valence electrons. The molecule has 2 aromatic heterocycles. The highest BCUT2D eigenvalue weighted by Gasteiger charge is 2.15. The quantitative estimate of drug-likeness (QED) is 0.749. The van der Waals surface area contributed by atoms with Crippen LogP contribution < -0.4 is 0 Å². The zero-order chi connectivity index (χ0) is 15.0. The molecule has 4 heteroatoms. The molecule has 0 saturated carbocycles. The van der Waals surface area contributed by atoms with Gasteiger partial charge in [0.2, 0.25) is 0 Å². The van der Waals surface area contributed by atoms with Gasteiger partial charge in [-0.2, -0.15) is 0 Å². The first kappa shape index (κ1) is 13.9. The highest BCUT2D eigenvalue weighted by atomic mass is 32.1. The van der Waals surface area contributed by atoms with Gasteiger partial charge in [0.05, 0.1) is 17.8 Å². The molecule has 0 saturated heterocycles. The number of hydrogen-bond donors (Lipinski definition) is 1. The molecule has 0 unspecified atom stereocenters. The summed E-state index contributed by atoms with van der Waals surface area (Å²) in [5.74, 6) is 0. The van der Waals surface area contributed by atoms with E-state index in [1.807, 2.05) is 41.8 Å². The third kappa shape index (κ3) is 2.72. The maximum Gasteiger partial charge on any atom is 0.191 e. The van der Waals surface area contributed by atoms with Crippen LogP contribution in [0.2, 0.25) is 0 Å². The molecule has 2 heterocycles. The summed E-state index contributed by atoms with van der Waals surface area (Å²) in [5.41, 5.74) is 5.93. The van der Waals surface area contributed by atoms with Crippen LogP contribution in [0.1, 0.15) is 16.8 Å². The van der Waals surface area contributed by atoms with Crippen molar-refractivity contribution >= 4 is 23.4 Å². The van der Waals surface area contributed by atoms with E-state index < -0.39 is 0 Å². The molecule has 0 amide bonds. The van der Waals surface area contributed by atoms with Crippen molar-refractivity contribution < 1.29 is 4.79 Å². The van der Waals surface area contributed by atoms with Crippen molar-refractivity contribution in [2.75, 3.05) is 0 Å². The zero-order valence-electron chi connectivity index (χ0n) is 12.0. The van der Waals surface area contributed by atoms with Crippen LogP contribution in [0, 0.1) is 13.8 Å². The van der Waals surface area contributed by atoms with Crippen molar-refractivity contribution in [3.63, 3.8) is 0 Å². The van der Waals surface area contributed by atoms with Gasteiger partial charge in [-0.25, -0.2) is 4.98 Å². The van der Waals surface area contributed by atoms with Crippen LogP contribution in [-0.4, -0.2) is 14.5 Å². The van der Waals surface area contributed by atoms with Crippen LogP contribution in [-0.2, 0) is 11.2 Å². The molecule has 21 heavy (non-hydrogen) atoms. The highest BCUT2D eigenvalue weighted by molar-refractivity contribution is 7.96. The van der Waals surface area contributed by atoms with Gasteiger partial charge >= 0.3 is 0 Å². The van der Waals surface area contributed by atoms with Gasteiger partial charge in [-0.1, -0.05) is 35.9 Å². The van der Waals surface area contributed by atoms with E-state index in [2.05, 4.69) is 36.7 Å². The Kier molecular flexibility index (Phi) is 3.55. The van der Waals surface area contributed by atoms with Crippen molar-refractivity contribution in [3.05, 3.63) is 59.4 Å². The number of hydrogen-bond acceptors (Lipinski definition) is 2. The van der Waals surface area contributed by atoms with E-state index in [1.54, 1.807) is 0 Å². The molecule has 0 spiro atoms. The van der Waals surface area contributed by atoms with Crippen molar-refractivity contribution in [3.8, 4) is 11.3 Å². The number of pyridine rings is 1. The lowest BCUT2D eigenvalue weighted by Crippen LogP contribution is -2.00. The fourth-order valence-corrected chi connectivity index (χ4v) is 2.60. The van der Waals surface area contributed by atoms with Crippen molar-refractivity contribution in [1.29, 1.82) is 0 Å². The third-order valence-corrected chi connectivity index (χ3v) is 3.67. The Balaban J connectivity index is 2.25. The second-order valence-electron chi connectivity index (χ2n) is 5.28. The predicted molar refractivity (Wildman–Crippen MR) is 87.8 cm³/mol. The van der Waals surface area contributed by atoms with E-state index in [-0.39, 0.29) is 11.5 Å². The molecular weight excluding hydrogens is 280 g/mol. The van der Waals surface area contributed by atoms with E-state index in [0.717, 1.165) is 28.2 Å². The zero-order valence-corrected chi connectivity index (χ0v) is 12.9. The van der Waals surface area contributed by atoms with E-state index in [4.69, 9.17) is 0 Å². The number of aryl methyl sites for hydroxylation is 2. The number of fused-ring (bicyclic) bond motifs is 1. The smallest absolute Gasteiger partial charge is 0.191 e.